The summed E-state index contributed by atoms with van der Waals surface area (Å²) in [6.07, 6.45) is 2.72. The highest BCUT2D eigenvalue weighted by Crippen LogP contribution is 2.48. The molecule has 0 unspecified atom stereocenters. The number of oxime groups is 1. The molecular weight excluding hydrogens is 1050 g/mol. The summed E-state index contributed by atoms with van der Waals surface area (Å²) in [5.41, 5.74) is 0.802. The maximum atomic E-state index is 12.6. The summed E-state index contributed by atoms with van der Waals surface area (Å²) in [6, 6.07) is 34.6. The number of nitrogens with zero attached hydrogens (tertiary/aromatic N) is 1. The van der Waals surface area contributed by atoms with E-state index in [1.807, 2.05) is 106 Å². The Balaban J connectivity index is 0. The van der Waals surface area contributed by atoms with Gasteiger partial charge in [0.25, 0.3) is 0 Å². The Morgan fingerprint density at radius 3 is 1.30 bits per heavy atom. The molecule has 4 rings (SSSR count). The van der Waals surface area contributed by atoms with Crippen molar-refractivity contribution >= 4 is 110 Å². The van der Waals surface area contributed by atoms with E-state index in [-0.39, 0.29) is 36.2 Å². The summed E-state index contributed by atoms with van der Waals surface area (Å²) in [4.78, 5) is 28.6. The molecule has 0 aromatic heterocycles. The molecule has 69 heavy (non-hydrogen) atoms. The highest BCUT2D eigenvalue weighted by atomic mass is 35.6. The molecule has 0 saturated carbocycles. The second-order valence-corrected chi connectivity index (χ2v) is 29.3. The molecule has 1 N–H and O–H groups in total. The lowest BCUT2D eigenvalue weighted by atomic mass is 10.1. The van der Waals surface area contributed by atoms with Crippen LogP contribution in [0.2, 0.25) is 19.6 Å². The van der Waals surface area contributed by atoms with Gasteiger partial charge in [-0.2, -0.15) is 11.1 Å². The van der Waals surface area contributed by atoms with Crippen LogP contribution < -0.4 is 0 Å². The van der Waals surface area contributed by atoms with Crippen LogP contribution in [-0.4, -0.2) is 80.3 Å². The van der Waals surface area contributed by atoms with Crippen LogP contribution in [0.25, 0.3) is 0 Å². The van der Waals surface area contributed by atoms with Crippen LogP contribution in [0.3, 0.4) is 0 Å². The number of benzene rings is 4. The first-order chi connectivity index (χ1) is 32.8. The number of Topliss-reactive ketones (excluding diaryl/α,β-unsaturated/α-hetero) is 2. The Morgan fingerprint density at radius 1 is 0.652 bits per heavy atom. The highest BCUT2D eigenvalue weighted by molar-refractivity contribution is 7.99. The van der Waals surface area contributed by atoms with Gasteiger partial charge in [-0.3, -0.25) is 14.2 Å². The van der Waals surface area contributed by atoms with E-state index in [9.17, 15) is 19.4 Å². The lowest BCUT2D eigenvalue weighted by molar-refractivity contribution is 0.0988. The Hall–Kier alpha value is -1.77. The quantitative estimate of drug-likeness (QED) is 0.0111. The zero-order chi connectivity index (χ0) is 52.5. The predicted molar refractivity (Wildman–Crippen MR) is 300 cm³/mol. The van der Waals surface area contributed by atoms with Crippen LogP contribution in [0.1, 0.15) is 95.4 Å². The third-order valence-corrected chi connectivity index (χ3v) is 13.1. The number of carbonyl (C=O) groups is 2. The molecule has 0 spiro atoms. The number of rotatable bonds is 23. The molecule has 4 aromatic rings. The number of hydrogen-bond donors (Lipinski definition) is 1. The molecule has 0 fully saturated rings. The molecule has 0 atom stereocenters. The first kappa shape index (κ1) is 69.3. The zero-order valence-electron chi connectivity index (χ0n) is 42.1. The maximum Gasteiger partial charge on any atom is 0.336 e. The van der Waals surface area contributed by atoms with Gasteiger partial charge in [0, 0.05) is 43.0 Å². The average Bonchev–Trinajstić information content (AvgIpc) is 3.30. The van der Waals surface area contributed by atoms with Gasteiger partial charge < -0.3 is 27.8 Å². The van der Waals surface area contributed by atoms with Crippen LogP contribution >= 0.6 is 85.6 Å². The topological polar surface area (TPSA) is 130 Å². The largest absolute Gasteiger partial charge is 0.411 e. The van der Waals surface area contributed by atoms with Gasteiger partial charge in [-0.15, -0.1) is 34.8 Å². The predicted octanol–water partition coefficient (Wildman–Crippen LogP) is 18.0. The Morgan fingerprint density at radius 2 is 1.01 bits per heavy atom. The van der Waals surface area contributed by atoms with Gasteiger partial charge in [0.1, 0.15) is 13.1 Å². The number of hydrogen-bond acceptors (Lipinski definition) is 12. The minimum absolute atomic E-state index is 0.0984. The molecule has 0 aliphatic carbocycles. The fourth-order valence-electron chi connectivity index (χ4n) is 4.89. The van der Waals surface area contributed by atoms with E-state index in [0.717, 1.165) is 26.2 Å². The summed E-state index contributed by atoms with van der Waals surface area (Å²) >= 11 is 24.0. The summed E-state index contributed by atoms with van der Waals surface area (Å²) in [7, 11) is -5.74. The third-order valence-electron chi connectivity index (χ3n) is 7.52. The van der Waals surface area contributed by atoms with E-state index in [4.69, 9.17) is 68.5 Å². The maximum absolute atomic E-state index is 12.6. The molecule has 0 aliphatic rings. The van der Waals surface area contributed by atoms with Crippen LogP contribution in [0.4, 0.5) is 0 Å². The monoisotopic (exact) mass is 1130 g/mol. The number of ketones is 2. The molecule has 0 radical (unpaired) electrons. The minimum Gasteiger partial charge on any atom is -0.411 e. The second-order valence-electron chi connectivity index (χ2n) is 15.0. The van der Waals surface area contributed by atoms with E-state index in [1.165, 1.54) is 17.7 Å². The average molecular weight is 1130 g/mol. The molecule has 4 aromatic carbocycles. The van der Waals surface area contributed by atoms with Gasteiger partial charge in [0.15, 0.2) is 5.78 Å². The molecule has 0 aliphatic heterocycles. The van der Waals surface area contributed by atoms with E-state index in [0.29, 0.717) is 37.7 Å². The van der Waals surface area contributed by atoms with Crippen molar-refractivity contribution in [1.29, 1.82) is 0 Å². The highest BCUT2D eigenvalue weighted by Gasteiger charge is 2.30. The van der Waals surface area contributed by atoms with Gasteiger partial charge in [0.05, 0.1) is 44.5 Å². The normalized spacial score (nSPS) is 11.0. The van der Waals surface area contributed by atoms with Crippen molar-refractivity contribution in [2.75, 3.05) is 50.4 Å². The summed E-state index contributed by atoms with van der Waals surface area (Å²) < 4.78 is 38.3. The van der Waals surface area contributed by atoms with Crippen molar-refractivity contribution in [1.82, 2.24) is 0 Å². The molecule has 19 heteroatoms. The molecule has 0 saturated heterocycles. The Kier molecular flexibility index (Phi) is 44.0. The SMILES string of the molecule is CCCC(C)C.CCOP(=O)(C/C(=N\O)C(=O)c1ccc(Sc2ccccc2)cc1)OCC.CCOP(OCC)OCC.C[Si](C)(C)Cl.ClCCl.O=C(CCCl)c1ccc(Sc2ccccc2)cc1. The summed E-state index contributed by atoms with van der Waals surface area (Å²) in [5.74, 6) is 0.851. The van der Waals surface area contributed by atoms with E-state index in [1.54, 1.807) is 49.5 Å². The van der Waals surface area contributed by atoms with E-state index in [2.05, 4.69) is 57.7 Å². The molecule has 0 heterocycles. The summed E-state index contributed by atoms with van der Waals surface area (Å²) in [6.45, 7) is 24.4. The van der Waals surface area contributed by atoms with Crippen molar-refractivity contribution in [3.8, 4) is 0 Å². The minimum atomic E-state index is -3.54. The first-order valence-electron chi connectivity index (χ1n) is 22.7. The van der Waals surface area contributed by atoms with Crippen LogP contribution in [0.15, 0.2) is 134 Å². The number of halogens is 4. The zero-order valence-corrected chi connectivity index (χ0v) is 49.6. The van der Waals surface area contributed by atoms with Crippen molar-refractivity contribution in [3.05, 3.63) is 120 Å². The summed E-state index contributed by atoms with van der Waals surface area (Å²) in [5, 5.41) is 12.5. The number of alkyl halides is 3. The fourth-order valence-corrected chi connectivity index (χ4v) is 9.21. The van der Waals surface area contributed by atoms with Crippen LogP contribution in [-0.2, 0) is 27.2 Å². The number of carbonyl (C=O) groups excluding carboxylic acids is 2. The molecule has 10 nitrogen and oxygen atoms in total. The fraction of sp³-hybridized carbons (Fsp3) is 0.460. The smallest absolute Gasteiger partial charge is 0.336 e. The van der Waals surface area contributed by atoms with Crippen LogP contribution in [0, 0.1) is 5.92 Å². The van der Waals surface area contributed by atoms with Crippen molar-refractivity contribution in [3.63, 3.8) is 0 Å². The second kappa shape index (κ2) is 43.8. The lowest BCUT2D eigenvalue weighted by Crippen LogP contribution is -2.20. The van der Waals surface area contributed by atoms with Crippen molar-refractivity contribution in [2.24, 2.45) is 11.1 Å². The van der Waals surface area contributed by atoms with Gasteiger partial charge in [0.2, 0.25) is 5.78 Å². The Labute approximate surface area is 444 Å². The third kappa shape index (κ3) is 38.5. The first-order valence-corrected chi connectivity index (χ1v) is 33.3. The van der Waals surface area contributed by atoms with Crippen molar-refractivity contribution in [2.45, 2.75) is 114 Å². The Bertz CT molecular complexity index is 1930. The molecule has 0 amide bonds. The van der Waals surface area contributed by atoms with Gasteiger partial charge in [-0.1, -0.05) is 130 Å². The van der Waals surface area contributed by atoms with Crippen LogP contribution in [0.5, 0.6) is 0 Å². The molecule has 0 bridgehead atoms. The van der Waals surface area contributed by atoms with E-state index >= 15 is 0 Å². The standard InChI is InChI=1S/C19H22NO5PS.C15H13ClOS.C6H15O3P.C6H14.C3H9ClSi.CH2Cl2/c1-3-24-26(23,25-4-2)14-18(20-22)19(21)15-10-12-17(13-11-15)27-16-8-6-5-7-9-16;16-11-10-15(17)12-6-8-14(9-7-12)18-13-4-2-1-3-5-13;1-4-7-10(8-5-2)9-6-3;1-4-5-6(2)3;1-5(2,3)4;2-1-3/h5-13,22H,3-4,14H2,1-2H3;1-9H,10-11H2;4-6H2,1-3H3;6H,4-5H2,1-3H3;1-3H3;1H2/b20-18+;;;;;. The molecule has 388 valence electrons. The van der Waals surface area contributed by atoms with Gasteiger partial charge in [-0.25, -0.2) is 0 Å². The van der Waals surface area contributed by atoms with Gasteiger partial charge in [-0.05, 0) is 101 Å². The molecular formula is C50H75Cl4NO9P2S2Si. The van der Waals surface area contributed by atoms with Crippen molar-refractivity contribution < 1.29 is 42.0 Å². The van der Waals surface area contributed by atoms with E-state index < -0.39 is 29.4 Å². The van der Waals surface area contributed by atoms with Gasteiger partial charge >= 0.3 is 16.2 Å². The lowest BCUT2D eigenvalue weighted by Gasteiger charge is -2.16.